The van der Waals surface area contributed by atoms with Crippen LogP contribution in [0.15, 0.2) is 47.2 Å². The van der Waals surface area contributed by atoms with Gasteiger partial charge in [-0.25, -0.2) is 5.84 Å². The van der Waals surface area contributed by atoms with Gasteiger partial charge in [0.05, 0.1) is 6.04 Å². The van der Waals surface area contributed by atoms with Crippen molar-refractivity contribution in [2.75, 3.05) is 6.54 Å². The highest BCUT2D eigenvalue weighted by Crippen LogP contribution is 2.31. The Kier molecular flexibility index (Phi) is 6.97. The number of hydrogen-bond acceptors (Lipinski definition) is 6. The number of aromatic nitrogens is 1. The smallest absolute Gasteiger partial charge is 0.258 e. The number of nitrogens with one attached hydrogen (secondary N) is 1. The Bertz CT molecular complexity index is 869. The lowest BCUT2D eigenvalue weighted by molar-refractivity contribution is 0.387. The minimum Gasteiger partial charge on any atom is -0.399 e. The summed E-state index contributed by atoms with van der Waals surface area (Å²) in [4.78, 5) is 12.5. The standard InChI is InChI=1S/C20H31N5OS/c1-6-11-25(22)13-17(21)18(23-27-20(2,3)4)15-8-7-9-16-14(15)10-12-24(5)19(16)26/h7-10,12-13,18,23H,6,11,21-22H2,1-5H3/b17-13-. The quantitative estimate of drug-likeness (QED) is 0.383. The third-order valence-electron chi connectivity index (χ3n) is 4.08. The van der Waals surface area contributed by atoms with Crippen molar-refractivity contribution >= 4 is 22.7 Å². The normalized spacial score (nSPS) is 13.8. The molecule has 6 nitrogen and oxygen atoms in total. The van der Waals surface area contributed by atoms with Gasteiger partial charge in [-0.3, -0.25) is 9.52 Å². The highest BCUT2D eigenvalue weighted by Gasteiger charge is 2.21. The van der Waals surface area contributed by atoms with E-state index in [1.54, 1.807) is 41.0 Å². The molecule has 0 bridgehead atoms. The van der Waals surface area contributed by atoms with Crippen LogP contribution in [0.3, 0.4) is 0 Å². The molecule has 0 radical (unpaired) electrons. The second-order valence-electron chi connectivity index (χ2n) is 7.67. The lowest BCUT2D eigenvalue weighted by Crippen LogP contribution is -2.31. The van der Waals surface area contributed by atoms with Crippen LogP contribution in [0.1, 0.15) is 45.7 Å². The predicted molar refractivity (Wildman–Crippen MR) is 116 cm³/mol. The summed E-state index contributed by atoms with van der Waals surface area (Å²) in [6.07, 6.45) is 4.48. The van der Waals surface area contributed by atoms with Gasteiger partial charge in [-0.05, 0) is 50.3 Å². The summed E-state index contributed by atoms with van der Waals surface area (Å²) >= 11 is 1.61. The Morgan fingerprint density at radius 2 is 2.04 bits per heavy atom. The monoisotopic (exact) mass is 389 g/mol. The largest absolute Gasteiger partial charge is 0.399 e. The summed E-state index contributed by atoms with van der Waals surface area (Å²) in [5.74, 6) is 6.03. The first-order valence-electron chi connectivity index (χ1n) is 9.14. The molecule has 0 saturated heterocycles. The number of hydrazine groups is 1. The fraction of sp³-hybridized carbons (Fsp3) is 0.450. The molecule has 0 fully saturated rings. The number of fused-ring (bicyclic) bond motifs is 1. The minimum atomic E-state index is -0.270. The molecule has 27 heavy (non-hydrogen) atoms. The average Bonchev–Trinajstić information content (AvgIpc) is 2.57. The molecule has 2 aromatic rings. The van der Waals surface area contributed by atoms with Crippen LogP contribution in [0.25, 0.3) is 10.8 Å². The van der Waals surface area contributed by atoms with Gasteiger partial charge in [0.15, 0.2) is 0 Å². The van der Waals surface area contributed by atoms with E-state index in [1.807, 2.05) is 24.3 Å². The van der Waals surface area contributed by atoms with E-state index in [2.05, 4.69) is 32.4 Å². The first-order chi connectivity index (χ1) is 12.6. The molecule has 0 amide bonds. The summed E-state index contributed by atoms with van der Waals surface area (Å²) in [5, 5.41) is 3.18. The maximum absolute atomic E-state index is 12.5. The molecule has 0 aliphatic carbocycles. The molecule has 1 atom stereocenters. The second-order valence-corrected chi connectivity index (χ2v) is 9.34. The Balaban J connectivity index is 2.55. The minimum absolute atomic E-state index is 0.00503. The van der Waals surface area contributed by atoms with Crippen molar-refractivity contribution in [2.24, 2.45) is 18.6 Å². The van der Waals surface area contributed by atoms with Crippen LogP contribution >= 0.6 is 11.9 Å². The zero-order valence-corrected chi connectivity index (χ0v) is 17.6. The van der Waals surface area contributed by atoms with Crippen LogP contribution < -0.4 is 21.9 Å². The van der Waals surface area contributed by atoms with Crippen molar-refractivity contribution < 1.29 is 0 Å². The first-order valence-corrected chi connectivity index (χ1v) is 9.96. The van der Waals surface area contributed by atoms with E-state index in [-0.39, 0.29) is 16.3 Å². The Hall–Kier alpha value is -1.96. The van der Waals surface area contributed by atoms with E-state index in [9.17, 15) is 4.79 Å². The van der Waals surface area contributed by atoms with E-state index in [4.69, 9.17) is 11.6 Å². The molecule has 2 rings (SSSR count). The van der Waals surface area contributed by atoms with Gasteiger partial charge in [0, 0.05) is 41.8 Å². The third kappa shape index (κ3) is 5.51. The van der Waals surface area contributed by atoms with E-state index < -0.39 is 0 Å². The topological polar surface area (TPSA) is 89.3 Å². The molecule has 148 valence electrons. The number of nitrogens with two attached hydrogens (primary N) is 2. The van der Waals surface area contributed by atoms with Crippen molar-refractivity contribution in [1.82, 2.24) is 14.3 Å². The highest BCUT2D eigenvalue weighted by molar-refractivity contribution is 7.98. The highest BCUT2D eigenvalue weighted by atomic mass is 32.2. The van der Waals surface area contributed by atoms with Gasteiger partial charge in [0.1, 0.15) is 0 Å². The van der Waals surface area contributed by atoms with Crippen LogP contribution in [-0.2, 0) is 7.05 Å². The van der Waals surface area contributed by atoms with E-state index in [0.717, 1.165) is 23.9 Å². The van der Waals surface area contributed by atoms with Crippen LogP contribution in [0, 0.1) is 0 Å². The van der Waals surface area contributed by atoms with E-state index in [1.165, 1.54) is 0 Å². The summed E-state index contributed by atoms with van der Waals surface area (Å²) in [6.45, 7) is 9.18. The maximum Gasteiger partial charge on any atom is 0.258 e. The lowest BCUT2D eigenvalue weighted by Gasteiger charge is -2.27. The SMILES string of the molecule is CCCN(N)/C=C(\N)C(NSC(C)(C)C)c1cccc2c(=O)n(C)ccc12. The molecular weight excluding hydrogens is 358 g/mol. The van der Waals surface area contributed by atoms with Gasteiger partial charge in [-0.1, -0.05) is 31.0 Å². The summed E-state index contributed by atoms with van der Waals surface area (Å²) in [5.41, 5.74) is 7.99. The van der Waals surface area contributed by atoms with Crippen LogP contribution in [0.2, 0.25) is 0 Å². The zero-order chi connectivity index (χ0) is 20.2. The Morgan fingerprint density at radius 3 is 2.67 bits per heavy atom. The molecule has 1 aromatic carbocycles. The summed E-state index contributed by atoms with van der Waals surface area (Å²) in [6, 6.07) is 7.44. The molecule has 0 aliphatic heterocycles. The van der Waals surface area contributed by atoms with E-state index in [0.29, 0.717) is 11.1 Å². The first kappa shape index (κ1) is 21.3. The molecule has 1 aromatic heterocycles. The lowest BCUT2D eigenvalue weighted by atomic mass is 9.98. The molecule has 5 N–H and O–H groups in total. The van der Waals surface area contributed by atoms with E-state index >= 15 is 0 Å². The van der Waals surface area contributed by atoms with Gasteiger partial charge >= 0.3 is 0 Å². The van der Waals surface area contributed by atoms with Gasteiger partial charge < -0.3 is 15.3 Å². The number of pyridine rings is 1. The third-order valence-corrected chi connectivity index (χ3v) is 5.05. The summed E-state index contributed by atoms with van der Waals surface area (Å²) < 4.78 is 5.07. The fourth-order valence-electron chi connectivity index (χ4n) is 2.79. The fourth-order valence-corrected chi connectivity index (χ4v) is 3.52. The van der Waals surface area contributed by atoms with Gasteiger partial charge in [0.2, 0.25) is 0 Å². The molecule has 0 saturated carbocycles. The molecule has 0 spiro atoms. The number of nitrogens with zero attached hydrogens (tertiary/aromatic N) is 2. The van der Waals surface area contributed by atoms with Crippen molar-refractivity contribution in [2.45, 2.75) is 44.9 Å². The average molecular weight is 390 g/mol. The van der Waals surface area contributed by atoms with Crippen LogP contribution in [0.4, 0.5) is 0 Å². The van der Waals surface area contributed by atoms with Gasteiger partial charge in [-0.15, -0.1) is 0 Å². The second kappa shape index (κ2) is 8.82. The maximum atomic E-state index is 12.5. The van der Waals surface area contributed by atoms with Crippen molar-refractivity contribution in [3.8, 4) is 0 Å². The molecule has 1 unspecified atom stereocenters. The molecular formula is C20H31N5OS. The number of aryl methyl sites for hydroxylation is 1. The molecule has 7 heteroatoms. The Morgan fingerprint density at radius 1 is 1.33 bits per heavy atom. The van der Waals surface area contributed by atoms with Crippen molar-refractivity contribution in [1.29, 1.82) is 0 Å². The molecule has 0 aliphatic rings. The number of rotatable bonds is 7. The number of benzene rings is 1. The zero-order valence-electron chi connectivity index (χ0n) is 16.8. The van der Waals surface area contributed by atoms with Gasteiger partial charge in [-0.2, -0.15) is 0 Å². The van der Waals surface area contributed by atoms with Gasteiger partial charge in [0.25, 0.3) is 5.56 Å². The van der Waals surface area contributed by atoms with Crippen molar-refractivity contribution in [3.63, 3.8) is 0 Å². The van der Waals surface area contributed by atoms with Crippen molar-refractivity contribution in [3.05, 3.63) is 58.3 Å². The Labute approximate surface area is 165 Å². The molecule has 1 heterocycles. The van der Waals surface area contributed by atoms with Crippen LogP contribution in [-0.4, -0.2) is 20.9 Å². The summed E-state index contributed by atoms with van der Waals surface area (Å²) in [7, 11) is 1.75. The predicted octanol–water partition coefficient (Wildman–Crippen LogP) is 3.00. The number of hydrogen-bond donors (Lipinski definition) is 3. The van der Waals surface area contributed by atoms with Crippen LogP contribution in [0.5, 0.6) is 0 Å².